The zero-order valence-corrected chi connectivity index (χ0v) is 12.9. The van der Waals surface area contributed by atoms with Crippen molar-refractivity contribution < 1.29 is 23.1 Å². The van der Waals surface area contributed by atoms with Crippen LogP contribution in [0.2, 0.25) is 0 Å². The van der Waals surface area contributed by atoms with E-state index in [9.17, 15) is 23.1 Å². The third-order valence-electron chi connectivity index (χ3n) is 4.07. The van der Waals surface area contributed by atoms with Gasteiger partial charge in [0, 0.05) is 32.4 Å². The van der Waals surface area contributed by atoms with Crippen molar-refractivity contribution in [3.63, 3.8) is 0 Å². The van der Waals surface area contributed by atoms with Crippen LogP contribution in [-0.2, 0) is 17.4 Å². The van der Waals surface area contributed by atoms with E-state index in [1.165, 1.54) is 19.4 Å². The normalized spacial score (nSPS) is 21.7. The number of hydrogen-bond acceptors (Lipinski definition) is 4. The molecule has 9 heteroatoms. The summed E-state index contributed by atoms with van der Waals surface area (Å²) in [4.78, 5) is 15.5. The summed E-state index contributed by atoms with van der Waals surface area (Å²) in [6, 6.07) is -0.379. The molecular formula is C14H21F3N4O2. The minimum atomic E-state index is -4.89. The Morgan fingerprint density at radius 3 is 2.78 bits per heavy atom. The molecule has 130 valence electrons. The molecule has 1 aromatic rings. The number of imidazole rings is 1. The summed E-state index contributed by atoms with van der Waals surface area (Å²) >= 11 is 0. The van der Waals surface area contributed by atoms with Crippen LogP contribution in [-0.4, -0.2) is 45.9 Å². The lowest BCUT2D eigenvalue weighted by molar-refractivity contribution is -0.272. The van der Waals surface area contributed by atoms with Crippen molar-refractivity contribution in [2.24, 2.45) is 7.05 Å². The maximum absolute atomic E-state index is 13.3. The topological polar surface area (TPSA) is 79.2 Å². The fourth-order valence-corrected chi connectivity index (χ4v) is 2.71. The van der Waals surface area contributed by atoms with Gasteiger partial charge in [-0.2, -0.15) is 13.2 Å². The largest absolute Gasteiger partial charge is 0.424 e. The Balaban J connectivity index is 2.00. The predicted octanol–water partition coefficient (Wildman–Crippen LogP) is 0.818. The molecule has 23 heavy (non-hydrogen) atoms. The SMILES string of the molecule is Cn1ccnc1[C@@](O)(CCNC(=O)[C@H]1CCCCN1)C(F)(F)F. The van der Waals surface area contributed by atoms with Crippen LogP contribution >= 0.6 is 0 Å². The molecule has 0 saturated carbocycles. The number of alkyl halides is 3. The van der Waals surface area contributed by atoms with Gasteiger partial charge in [0.2, 0.25) is 11.5 Å². The van der Waals surface area contributed by atoms with Crippen molar-refractivity contribution in [2.45, 2.75) is 43.5 Å². The molecule has 0 bridgehead atoms. The molecule has 2 rings (SSSR count). The molecule has 1 amide bonds. The fraction of sp³-hybridized carbons (Fsp3) is 0.714. The van der Waals surface area contributed by atoms with Crippen LogP contribution < -0.4 is 10.6 Å². The molecule has 6 nitrogen and oxygen atoms in total. The first kappa shape index (κ1) is 17.7. The second-order valence-corrected chi connectivity index (χ2v) is 5.76. The Morgan fingerprint density at radius 2 is 2.26 bits per heavy atom. The number of piperidine rings is 1. The van der Waals surface area contributed by atoms with Gasteiger partial charge in [-0.05, 0) is 19.4 Å². The number of amides is 1. The molecule has 1 aromatic heterocycles. The second-order valence-electron chi connectivity index (χ2n) is 5.76. The van der Waals surface area contributed by atoms with Crippen LogP contribution in [0.15, 0.2) is 12.4 Å². The number of carbonyl (C=O) groups is 1. The van der Waals surface area contributed by atoms with Gasteiger partial charge in [-0.1, -0.05) is 6.42 Å². The molecule has 0 aromatic carbocycles. The van der Waals surface area contributed by atoms with E-state index < -0.39 is 24.0 Å². The monoisotopic (exact) mass is 334 g/mol. The van der Waals surface area contributed by atoms with Crippen molar-refractivity contribution in [2.75, 3.05) is 13.1 Å². The van der Waals surface area contributed by atoms with E-state index in [0.717, 1.165) is 24.0 Å². The maximum atomic E-state index is 13.3. The number of hydrogen-bond donors (Lipinski definition) is 3. The molecule has 0 aliphatic carbocycles. The highest BCUT2D eigenvalue weighted by atomic mass is 19.4. The minimum absolute atomic E-state index is 0.292. The van der Waals surface area contributed by atoms with Crippen molar-refractivity contribution in [3.8, 4) is 0 Å². The van der Waals surface area contributed by atoms with Gasteiger partial charge in [0.25, 0.3) is 0 Å². The van der Waals surface area contributed by atoms with Gasteiger partial charge in [-0.25, -0.2) is 4.98 Å². The summed E-state index contributed by atoms with van der Waals surface area (Å²) in [5.74, 6) is -0.830. The molecule has 0 unspecified atom stereocenters. The second kappa shape index (κ2) is 6.88. The van der Waals surface area contributed by atoms with Gasteiger partial charge in [0.05, 0.1) is 6.04 Å². The summed E-state index contributed by atoms with van der Waals surface area (Å²) in [5, 5.41) is 15.6. The van der Waals surface area contributed by atoms with E-state index in [2.05, 4.69) is 15.6 Å². The molecule has 0 spiro atoms. The lowest BCUT2D eigenvalue weighted by atomic mass is 9.97. The van der Waals surface area contributed by atoms with E-state index >= 15 is 0 Å². The lowest BCUT2D eigenvalue weighted by Crippen LogP contribution is -2.50. The molecule has 1 aliphatic rings. The van der Waals surface area contributed by atoms with E-state index in [1.807, 2.05) is 0 Å². The molecule has 2 heterocycles. The average molecular weight is 334 g/mol. The van der Waals surface area contributed by atoms with Crippen LogP contribution in [0.1, 0.15) is 31.5 Å². The molecule has 1 aliphatic heterocycles. The van der Waals surface area contributed by atoms with Crippen LogP contribution in [0.3, 0.4) is 0 Å². The number of carbonyl (C=O) groups excluding carboxylic acids is 1. The Hall–Kier alpha value is -1.61. The lowest BCUT2D eigenvalue weighted by Gasteiger charge is -2.30. The van der Waals surface area contributed by atoms with E-state index in [1.54, 1.807) is 0 Å². The van der Waals surface area contributed by atoms with Gasteiger partial charge in [0.15, 0.2) is 0 Å². The minimum Gasteiger partial charge on any atom is -0.374 e. The Labute approximate surface area is 132 Å². The first-order valence-corrected chi connectivity index (χ1v) is 7.54. The highest BCUT2D eigenvalue weighted by Crippen LogP contribution is 2.40. The molecular weight excluding hydrogens is 313 g/mol. The van der Waals surface area contributed by atoms with Gasteiger partial charge in [-0.3, -0.25) is 4.79 Å². The molecule has 0 radical (unpaired) electrons. The van der Waals surface area contributed by atoms with Crippen LogP contribution in [0, 0.1) is 0 Å². The quantitative estimate of drug-likeness (QED) is 0.745. The van der Waals surface area contributed by atoms with Crippen molar-refractivity contribution in [1.82, 2.24) is 20.2 Å². The summed E-state index contributed by atoms with van der Waals surface area (Å²) in [7, 11) is 1.38. The summed E-state index contributed by atoms with van der Waals surface area (Å²) in [6.07, 6.45) is -0.511. The molecule has 1 saturated heterocycles. The highest BCUT2D eigenvalue weighted by molar-refractivity contribution is 5.81. The first-order chi connectivity index (χ1) is 10.8. The zero-order valence-electron chi connectivity index (χ0n) is 12.9. The Bertz CT molecular complexity index is 540. The average Bonchev–Trinajstić information content (AvgIpc) is 2.93. The number of nitrogens with zero attached hydrogens (tertiary/aromatic N) is 2. The number of nitrogens with one attached hydrogen (secondary N) is 2. The fourth-order valence-electron chi connectivity index (χ4n) is 2.71. The molecule has 2 atom stereocenters. The number of aryl methyl sites for hydroxylation is 1. The summed E-state index contributed by atoms with van der Waals surface area (Å²) in [5.41, 5.74) is -3.10. The van der Waals surface area contributed by atoms with E-state index in [0.29, 0.717) is 6.42 Å². The number of aromatic nitrogens is 2. The van der Waals surface area contributed by atoms with Gasteiger partial charge < -0.3 is 20.3 Å². The van der Waals surface area contributed by atoms with Crippen molar-refractivity contribution in [3.05, 3.63) is 18.2 Å². The Kier molecular flexibility index (Phi) is 5.30. The van der Waals surface area contributed by atoms with Crippen LogP contribution in [0.4, 0.5) is 13.2 Å². The predicted molar refractivity (Wildman–Crippen MR) is 76.4 cm³/mol. The van der Waals surface area contributed by atoms with E-state index in [4.69, 9.17) is 0 Å². The molecule has 3 N–H and O–H groups in total. The summed E-state index contributed by atoms with van der Waals surface area (Å²) < 4.78 is 41.0. The van der Waals surface area contributed by atoms with Gasteiger partial charge in [0.1, 0.15) is 5.82 Å². The number of rotatable bonds is 5. The first-order valence-electron chi connectivity index (χ1n) is 7.54. The standard InChI is InChI=1S/C14H21F3N4O2/c1-21-9-8-20-12(21)13(23,14(15,16)17)5-7-19-11(22)10-4-2-3-6-18-10/h8-10,18,23H,2-7H2,1H3,(H,19,22)/t10-,13+/m1/s1. The smallest absolute Gasteiger partial charge is 0.374 e. The third-order valence-corrected chi connectivity index (χ3v) is 4.07. The van der Waals surface area contributed by atoms with Crippen molar-refractivity contribution >= 4 is 5.91 Å². The number of aliphatic hydroxyl groups is 1. The number of halogens is 3. The zero-order chi connectivity index (χ0) is 17.1. The molecule has 1 fully saturated rings. The van der Waals surface area contributed by atoms with Gasteiger partial charge >= 0.3 is 6.18 Å². The summed E-state index contributed by atoms with van der Waals surface area (Å²) in [6.45, 7) is 0.428. The van der Waals surface area contributed by atoms with Crippen LogP contribution in [0.5, 0.6) is 0 Å². The third kappa shape index (κ3) is 3.84. The highest BCUT2D eigenvalue weighted by Gasteiger charge is 2.57. The van der Waals surface area contributed by atoms with E-state index in [-0.39, 0.29) is 18.5 Å². The van der Waals surface area contributed by atoms with Crippen molar-refractivity contribution in [1.29, 1.82) is 0 Å². The Morgan fingerprint density at radius 1 is 1.52 bits per heavy atom. The van der Waals surface area contributed by atoms with Gasteiger partial charge in [-0.15, -0.1) is 0 Å². The maximum Gasteiger partial charge on any atom is 0.424 e. The van der Waals surface area contributed by atoms with Crippen LogP contribution in [0.25, 0.3) is 0 Å².